The molecule has 0 heterocycles. The lowest BCUT2D eigenvalue weighted by molar-refractivity contribution is 0.0697. The molecule has 20 heavy (non-hydrogen) atoms. The van der Waals surface area contributed by atoms with Gasteiger partial charge in [0.05, 0.1) is 5.56 Å². The molecule has 0 spiro atoms. The van der Waals surface area contributed by atoms with Gasteiger partial charge in [-0.15, -0.1) is 0 Å². The number of urea groups is 1. The highest BCUT2D eigenvalue weighted by atomic mass is 16.4. The van der Waals surface area contributed by atoms with Crippen molar-refractivity contribution in [2.45, 2.75) is 25.7 Å². The summed E-state index contributed by atoms with van der Waals surface area (Å²) in [6.07, 6.45) is 8.54. The van der Waals surface area contributed by atoms with Crippen molar-refractivity contribution in [3.05, 3.63) is 42.1 Å². The fraction of sp³-hybridized carbons (Fsp3) is 0.333. The molecule has 1 fully saturated rings. The summed E-state index contributed by atoms with van der Waals surface area (Å²) >= 11 is 0. The first-order chi connectivity index (χ1) is 9.65. The Bertz CT molecular complexity index is 520. The van der Waals surface area contributed by atoms with Gasteiger partial charge in [-0.25, -0.2) is 9.59 Å². The van der Waals surface area contributed by atoms with Crippen LogP contribution in [0, 0.1) is 5.92 Å². The number of nitrogens with one attached hydrogen (secondary N) is 2. The van der Waals surface area contributed by atoms with E-state index in [-0.39, 0.29) is 11.6 Å². The molecule has 106 valence electrons. The van der Waals surface area contributed by atoms with Gasteiger partial charge >= 0.3 is 12.0 Å². The Morgan fingerprint density at radius 1 is 1.25 bits per heavy atom. The molecule has 1 saturated carbocycles. The van der Waals surface area contributed by atoms with Gasteiger partial charge in [-0.3, -0.25) is 0 Å². The SMILES string of the molecule is O=C(N/C=C/C1CCCC1)Nc1cccc(C(=O)O)c1. The summed E-state index contributed by atoms with van der Waals surface area (Å²) in [5, 5.41) is 14.1. The Labute approximate surface area is 117 Å². The Hall–Kier alpha value is -2.30. The van der Waals surface area contributed by atoms with Crippen LogP contribution in [-0.4, -0.2) is 17.1 Å². The van der Waals surface area contributed by atoms with Crippen molar-refractivity contribution in [3.63, 3.8) is 0 Å². The molecule has 0 aliphatic heterocycles. The molecule has 0 unspecified atom stereocenters. The van der Waals surface area contributed by atoms with Crippen LogP contribution in [0.15, 0.2) is 36.5 Å². The van der Waals surface area contributed by atoms with Crippen molar-refractivity contribution >= 4 is 17.7 Å². The third-order valence-electron chi connectivity index (χ3n) is 3.35. The number of benzene rings is 1. The Kier molecular flexibility index (Phi) is 4.76. The molecule has 2 amide bonds. The number of amides is 2. The molecule has 1 aromatic rings. The summed E-state index contributed by atoms with van der Waals surface area (Å²) in [5.41, 5.74) is 0.598. The van der Waals surface area contributed by atoms with Crippen molar-refractivity contribution in [2.75, 3.05) is 5.32 Å². The van der Waals surface area contributed by atoms with E-state index >= 15 is 0 Å². The van der Waals surface area contributed by atoms with Crippen LogP contribution in [0.2, 0.25) is 0 Å². The van der Waals surface area contributed by atoms with E-state index in [0.717, 1.165) is 0 Å². The molecule has 0 atom stereocenters. The summed E-state index contributed by atoms with van der Waals surface area (Å²) in [6, 6.07) is 5.76. The minimum absolute atomic E-state index is 0.143. The Morgan fingerprint density at radius 3 is 2.70 bits per heavy atom. The first kappa shape index (κ1) is 14.1. The van der Waals surface area contributed by atoms with Gasteiger partial charge in [0.25, 0.3) is 0 Å². The molecular formula is C15H18N2O3. The first-order valence-corrected chi connectivity index (χ1v) is 6.73. The fourth-order valence-corrected chi connectivity index (χ4v) is 2.31. The van der Waals surface area contributed by atoms with Gasteiger partial charge in [0.2, 0.25) is 0 Å². The first-order valence-electron chi connectivity index (χ1n) is 6.73. The molecule has 0 aromatic heterocycles. The topological polar surface area (TPSA) is 78.4 Å². The summed E-state index contributed by atoms with van der Waals surface area (Å²) < 4.78 is 0. The molecule has 0 bridgehead atoms. The van der Waals surface area contributed by atoms with E-state index in [9.17, 15) is 9.59 Å². The van der Waals surface area contributed by atoms with Gasteiger partial charge in [-0.05, 0) is 37.0 Å². The monoisotopic (exact) mass is 274 g/mol. The van der Waals surface area contributed by atoms with E-state index in [1.807, 2.05) is 6.08 Å². The van der Waals surface area contributed by atoms with Crippen LogP contribution in [0.25, 0.3) is 0 Å². The van der Waals surface area contributed by atoms with Crippen molar-refractivity contribution in [3.8, 4) is 0 Å². The summed E-state index contributed by atoms with van der Waals surface area (Å²) in [6.45, 7) is 0. The van der Waals surface area contributed by atoms with Gasteiger partial charge in [0.1, 0.15) is 0 Å². The third kappa shape index (κ3) is 4.12. The number of hydrogen-bond donors (Lipinski definition) is 3. The lowest BCUT2D eigenvalue weighted by atomic mass is 10.1. The van der Waals surface area contributed by atoms with Crippen LogP contribution in [-0.2, 0) is 0 Å². The zero-order valence-electron chi connectivity index (χ0n) is 11.1. The average Bonchev–Trinajstić information content (AvgIpc) is 2.92. The highest BCUT2D eigenvalue weighted by molar-refractivity contribution is 5.93. The van der Waals surface area contributed by atoms with Gasteiger partial charge in [-0.2, -0.15) is 0 Å². The number of anilines is 1. The van der Waals surface area contributed by atoms with E-state index in [2.05, 4.69) is 10.6 Å². The maximum atomic E-state index is 11.6. The molecule has 1 aliphatic rings. The van der Waals surface area contributed by atoms with Crippen molar-refractivity contribution in [1.29, 1.82) is 0 Å². The van der Waals surface area contributed by atoms with Crippen LogP contribution in [0.5, 0.6) is 0 Å². The molecule has 2 rings (SSSR count). The summed E-state index contributed by atoms with van der Waals surface area (Å²) in [5.74, 6) is -0.458. The average molecular weight is 274 g/mol. The summed E-state index contributed by atoms with van der Waals surface area (Å²) in [4.78, 5) is 22.5. The number of hydrogen-bond acceptors (Lipinski definition) is 2. The molecule has 1 aromatic carbocycles. The number of carbonyl (C=O) groups excluding carboxylic acids is 1. The highest BCUT2D eigenvalue weighted by Crippen LogP contribution is 2.25. The Balaban J connectivity index is 1.84. The smallest absolute Gasteiger partial charge is 0.335 e. The van der Waals surface area contributed by atoms with Crippen LogP contribution in [0.4, 0.5) is 10.5 Å². The minimum Gasteiger partial charge on any atom is -0.478 e. The summed E-state index contributed by atoms with van der Waals surface area (Å²) in [7, 11) is 0. The second-order valence-electron chi connectivity index (χ2n) is 4.89. The predicted molar refractivity (Wildman–Crippen MR) is 76.7 cm³/mol. The maximum absolute atomic E-state index is 11.6. The third-order valence-corrected chi connectivity index (χ3v) is 3.35. The molecule has 5 nitrogen and oxygen atoms in total. The second kappa shape index (κ2) is 6.75. The lowest BCUT2D eigenvalue weighted by Crippen LogP contribution is -2.24. The standard InChI is InChI=1S/C15H18N2O3/c18-14(19)12-6-3-7-13(10-12)17-15(20)16-9-8-11-4-1-2-5-11/h3,6-11H,1-2,4-5H2,(H,18,19)(H2,16,17,20)/b9-8+. The zero-order chi connectivity index (χ0) is 14.4. The zero-order valence-corrected chi connectivity index (χ0v) is 11.1. The van der Waals surface area contributed by atoms with Crippen LogP contribution in [0.3, 0.4) is 0 Å². The van der Waals surface area contributed by atoms with E-state index in [1.54, 1.807) is 18.3 Å². The van der Waals surface area contributed by atoms with Crippen LogP contribution in [0.1, 0.15) is 36.0 Å². The molecule has 0 radical (unpaired) electrons. The van der Waals surface area contributed by atoms with Crippen LogP contribution >= 0.6 is 0 Å². The van der Waals surface area contributed by atoms with E-state index < -0.39 is 5.97 Å². The van der Waals surface area contributed by atoms with Gasteiger partial charge in [0, 0.05) is 11.9 Å². The molecule has 0 saturated heterocycles. The fourth-order valence-electron chi connectivity index (χ4n) is 2.31. The van der Waals surface area contributed by atoms with E-state index in [4.69, 9.17) is 5.11 Å². The highest BCUT2D eigenvalue weighted by Gasteiger charge is 2.11. The number of aromatic carboxylic acids is 1. The van der Waals surface area contributed by atoms with E-state index in [1.165, 1.54) is 37.8 Å². The van der Waals surface area contributed by atoms with Crippen molar-refractivity contribution < 1.29 is 14.7 Å². The van der Waals surface area contributed by atoms with Gasteiger partial charge < -0.3 is 15.7 Å². The van der Waals surface area contributed by atoms with Gasteiger partial charge in [-0.1, -0.05) is 25.0 Å². The number of rotatable bonds is 4. The second-order valence-corrected chi connectivity index (χ2v) is 4.89. The number of carboxylic acids is 1. The van der Waals surface area contributed by atoms with Crippen LogP contribution < -0.4 is 10.6 Å². The minimum atomic E-state index is -1.02. The maximum Gasteiger partial charge on any atom is 0.335 e. The number of carbonyl (C=O) groups is 2. The van der Waals surface area contributed by atoms with Crippen molar-refractivity contribution in [1.82, 2.24) is 5.32 Å². The van der Waals surface area contributed by atoms with Gasteiger partial charge in [0.15, 0.2) is 0 Å². The lowest BCUT2D eigenvalue weighted by Gasteiger charge is -2.06. The Morgan fingerprint density at radius 2 is 2.00 bits per heavy atom. The van der Waals surface area contributed by atoms with E-state index in [0.29, 0.717) is 11.6 Å². The molecule has 5 heteroatoms. The normalized spacial score (nSPS) is 15.4. The largest absolute Gasteiger partial charge is 0.478 e. The number of carboxylic acid groups (broad SMARTS) is 1. The number of allylic oxidation sites excluding steroid dienone is 1. The predicted octanol–water partition coefficient (Wildman–Crippen LogP) is 3.21. The van der Waals surface area contributed by atoms with Crippen molar-refractivity contribution in [2.24, 2.45) is 5.92 Å². The molecular weight excluding hydrogens is 256 g/mol. The quantitative estimate of drug-likeness (QED) is 0.788. The molecule has 1 aliphatic carbocycles. The molecule has 3 N–H and O–H groups in total.